The molecule has 28 heavy (non-hydrogen) atoms. The average Bonchev–Trinajstić information content (AvgIpc) is 3.09. The molecule has 1 aromatic heterocycles. The van der Waals surface area contributed by atoms with Gasteiger partial charge in [-0.2, -0.15) is 0 Å². The first-order valence-corrected chi connectivity index (χ1v) is 10.6. The van der Waals surface area contributed by atoms with Crippen molar-refractivity contribution < 1.29 is 4.79 Å². The largest absolute Gasteiger partial charge is 0.325 e. The summed E-state index contributed by atoms with van der Waals surface area (Å²) in [5.41, 5.74) is 3.04. The van der Waals surface area contributed by atoms with Gasteiger partial charge in [-0.05, 0) is 24.0 Å². The Kier molecular flexibility index (Phi) is 6.87. The van der Waals surface area contributed by atoms with E-state index in [1.165, 1.54) is 11.8 Å². The van der Waals surface area contributed by atoms with Crippen molar-refractivity contribution >= 4 is 23.4 Å². The van der Waals surface area contributed by atoms with E-state index in [4.69, 9.17) is 0 Å². The molecule has 1 heterocycles. The van der Waals surface area contributed by atoms with E-state index in [2.05, 4.69) is 40.9 Å². The monoisotopic (exact) mass is 394 g/mol. The summed E-state index contributed by atoms with van der Waals surface area (Å²) in [4.78, 5) is 12.5. The van der Waals surface area contributed by atoms with E-state index in [1.54, 1.807) is 0 Å². The first-order chi connectivity index (χ1) is 13.6. The Morgan fingerprint density at radius 2 is 1.79 bits per heavy atom. The molecule has 0 aliphatic carbocycles. The fourth-order valence-electron chi connectivity index (χ4n) is 2.99. The molecule has 0 unspecified atom stereocenters. The lowest BCUT2D eigenvalue weighted by Gasteiger charge is -2.13. The lowest BCUT2D eigenvalue weighted by molar-refractivity contribution is -0.113. The summed E-state index contributed by atoms with van der Waals surface area (Å²) in [6, 6.07) is 17.9. The van der Waals surface area contributed by atoms with Crippen LogP contribution in [0.1, 0.15) is 26.3 Å². The molecule has 1 amide bonds. The minimum absolute atomic E-state index is 0.0359. The molecule has 3 rings (SSSR count). The van der Waals surface area contributed by atoms with Crippen LogP contribution in [0.2, 0.25) is 0 Å². The summed E-state index contributed by atoms with van der Waals surface area (Å²) in [5, 5.41) is 12.5. The van der Waals surface area contributed by atoms with Crippen LogP contribution < -0.4 is 5.32 Å². The topological polar surface area (TPSA) is 59.8 Å². The number of carbonyl (C=O) groups excluding carboxylic acids is 1. The van der Waals surface area contributed by atoms with Crippen molar-refractivity contribution in [3.63, 3.8) is 0 Å². The van der Waals surface area contributed by atoms with Crippen molar-refractivity contribution in [3.05, 3.63) is 60.2 Å². The Morgan fingerprint density at radius 3 is 2.50 bits per heavy atom. The third kappa shape index (κ3) is 5.01. The molecule has 5 nitrogen and oxygen atoms in total. The summed E-state index contributed by atoms with van der Waals surface area (Å²) in [6.45, 7) is 7.22. The molecule has 0 fully saturated rings. The van der Waals surface area contributed by atoms with E-state index in [-0.39, 0.29) is 5.91 Å². The number of aryl methyl sites for hydroxylation is 1. The van der Waals surface area contributed by atoms with E-state index in [0.29, 0.717) is 11.7 Å². The smallest absolute Gasteiger partial charge is 0.234 e. The van der Waals surface area contributed by atoms with Crippen molar-refractivity contribution in [3.8, 4) is 11.4 Å². The Labute approximate surface area is 170 Å². The van der Waals surface area contributed by atoms with Gasteiger partial charge in [-0.25, -0.2) is 0 Å². The molecule has 0 saturated carbocycles. The minimum atomic E-state index is -0.0359. The maximum absolute atomic E-state index is 12.5. The first-order valence-electron chi connectivity index (χ1n) is 9.57. The predicted molar refractivity (Wildman–Crippen MR) is 115 cm³/mol. The highest BCUT2D eigenvalue weighted by molar-refractivity contribution is 7.99. The summed E-state index contributed by atoms with van der Waals surface area (Å²) < 4.78 is 2.11. The quantitative estimate of drug-likeness (QED) is 0.552. The molecular weight excluding hydrogens is 368 g/mol. The molecule has 1 N–H and O–H groups in total. The second-order valence-corrected chi connectivity index (χ2v) is 7.97. The van der Waals surface area contributed by atoms with Crippen molar-refractivity contribution in [1.82, 2.24) is 14.8 Å². The first kappa shape index (κ1) is 20.1. The highest BCUT2D eigenvalue weighted by atomic mass is 32.2. The van der Waals surface area contributed by atoms with Crippen LogP contribution in [0.15, 0.2) is 59.8 Å². The standard InChI is InChI=1S/C22H26N4OS/c1-4-17-10-8-9-13-19(17)23-20(27)15-28-22-25-24-21(26(22)14-16(2)3)18-11-6-5-7-12-18/h5-13,16H,4,14-15H2,1-3H3,(H,23,27). The number of aromatic nitrogens is 3. The van der Waals surface area contributed by atoms with Crippen LogP contribution in [0.5, 0.6) is 0 Å². The van der Waals surface area contributed by atoms with Crippen LogP contribution >= 0.6 is 11.8 Å². The molecule has 6 heteroatoms. The number of rotatable bonds is 8. The van der Waals surface area contributed by atoms with Crippen molar-refractivity contribution in [1.29, 1.82) is 0 Å². The minimum Gasteiger partial charge on any atom is -0.325 e. The lowest BCUT2D eigenvalue weighted by Crippen LogP contribution is -2.16. The lowest BCUT2D eigenvalue weighted by atomic mass is 10.1. The molecular formula is C22H26N4OS. The maximum Gasteiger partial charge on any atom is 0.234 e. The van der Waals surface area contributed by atoms with Gasteiger partial charge in [-0.15, -0.1) is 10.2 Å². The number of nitrogens with zero attached hydrogens (tertiary/aromatic N) is 3. The fourth-order valence-corrected chi connectivity index (χ4v) is 3.74. The molecule has 146 valence electrons. The SMILES string of the molecule is CCc1ccccc1NC(=O)CSc1nnc(-c2ccccc2)n1CC(C)C. The number of benzene rings is 2. The molecule has 0 spiro atoms. The highest BCUT2D eigenvalue weighted by Crippen LogP contribution is 2.25. The van der Waals surface area contributed by atoms with Gasteiger partial charge in [0, 0.05) is 17.8 Å². The normalized spacial score (nSPS) is 11.0. The zero-order valence-corrected chi connectivity index (χ0v) is 17.4. The number of hydrogen-bond donors (Lipinski definition) is 1. The van der Waals surface area contributed by atoms with E-state index < -0.39 is 0 Å². The third-order valence-corrected chi connectivity index (χ3v) is 5.27. The van der Waals surface area contributed by atoms with Gasteiger partial charge in [0.25, 0.3) is 0 Å². The van der Waals surface area contributed by atoms with E-state index >= 15 is 0 Å². The molecule has 0 atom stereocenters. The van der Waals surface area contributed by atoms with Crippen LogP contribution in [-0.2, 0) is 17.8 Å². The predicted octanol–water partition coefficient (Wildman–Crippen LogP) is 4.89. The van der Waals surface area contributed by atoms with Gasteiger partial charge in [-0.3, -0.25) is 4.79 Å². The molecule has 0 saturated heterocycles. The number of anilines is 1. The van der Waals surface area contributed by atoms with Gasteiger partial charge in [-0.1, -0.05) is 81.1 Å². The van der Waals surface area contributed by atoms with Crippen molar-refractivity contribution in [2.45, 2.75) is 38.9 Å². The van der Waals surface area contributed by atoms with Gasteiger partial charge in [0.1, 0.15) is 0 Å². The number of amides is 1. The summed E-state index contributed by atoms with van der Waals surface area (Å²) in [7, 11) is 0. The zero-order valence-electron chi connectivity index (χ0n) is 16.6. The number of hydrogen-bond acceptors (Lipinski definition) is 4. The Balaban J connectivity index is 1.73. The van der Waals surface area contributed by atoms with Crippen LogP contribution in [0.25, 0.3) is 11.4 Å². The fraction of sp³-hybridized carbons (Fsp3) is 0.318. The molecule has 2 aromatic carbocycles. The average molecular weight is 395 g/mol. The van der Waals surface area contributed by atoms with Crippen molar-refractivity contribution in [2.75, 3.05) is 11.1 Å². The van der Waals surface area contributed by atoms with Crippen LogP contribution in [-0.4, -0.2) is 26.4 Å². The number of carbonyl (C=O) groups is 1. The van der Waals surface area contributed by atoms with Gasteiger partial charge in [0.15, 0.2) is 11.0 Å². The number of thioether (sulfide) groups is 1. The van der Waals surface area contributed by atoms with Gasteiger partial charge in [0.2, 0.25) is 5.91 Å². The molecule has 0 aliphatic rings. The Bertz CT molecular complexity index is 921. The molecule has 0 radical (unpaired) electrons. The summed E-state index contributed by atoms with van der Waals surface area (Å²) in [6.07, 6.45) is 0.882. The van der Waals surface area contributed by atoms with Gasteiger partial charge < -0.3 is 9.88 Å². The summed E-state index contributed by atoms with van der Waals surface area (Å²) in [5.74, 6) is 1.55. The van der Waals surface area contributed by atoms with Gasteiger partial charge in [0.05, 0.1) is 5.75 Å². The Hall–Kier alpha value is -2.60. The van der Waals surface area contributed by atoms with Gasteiger partial charge >= 0.3 is 0 Å². The van der Waals surface area contributed by atoms with E-state index in [0.717, 1.165) is 40.8 Å². The maximum atomic E-state index is 12.5. The third-order valence-electron chi connectivity index (χ3n) is 4.30. The molecule has 0 bridgehead atoms. The van der Waals surface area contributed by atoms with Crippen LogP contribution in [0.4, 0.5) is 5.69 Å². The number of nitrogens with one attached hydrogen (secondary N) is 1. The van der Waals surface area contributed by atoms with E-state index in [9.17, 15) is 4.79 Å². The van der Waals surface area contributed by atoms with Crippen LogP contribution in [0.3, 0.4) is 0 Å². The zero-order chi connectivity index (χ0) is 19.9. The number of para-hydroxylation sites is 1. The molecule has 3 aromatic rings. The van der Waals surface area contributed by atoms with Crippen molar-refractivity contribution in [2.24, 2.45) is 5.92 Å². The highest BCUT2D eigenvalue weighted by Gasteiger charge is 2.16. The second-order valence-electron chi connectivity index (χ2n) is 7.02. The van der Waals surface area contributed by atoms with E-state index in [1.807, 2.05) is 54.6 Å². The Morgan fingerprint density at radius 1 is 1.07 bits per heavy atom. The van der Waals surface area contributed by atoms with Crippen LogP contribution in [0, 0.1) is 5.92 Å². The molecule has 0 aliphatic heterocycles. The summed E-state index contributed by atoms with van der Waals surface area (Å²) >= 11 is 1.42. The second kappa shape index (κ2) is 9.55.